The van der Waals surface area contributed by atoms with Gasteiger partial charge >= 0.3 is 0 Å². The van der Waals surface area contributed by atoms with Crippen LogP contribution in [0.5, 0.6) is 5.75 Å². The molecule has 1 heterocycles. The molecule has 3 nitrogen and oxygen atoms in total. The molecule has 0 saturated heterocycles. The van der Waals surface area contributed by atoms with Gasteiger partial charge in [0.1, 0.15) is 11.3 Å². The Bertz CT molecular complexity index is 752. The van der Waals surface area contributed by atoms with Crippen LogP contribution in [0.3, 0.4) is 0 Å². The number of oxazole rings is 1. The fourth-order valence-corrected chi connectivity index (χ4v) is 2.30. The van der Waals surface area contributed by atoms with Gasteiger partial charge in [-0.1, -0.05) is 23.2 Å². The lowest BCUT2D eigenvalue weighted by molar-refractivity contribution is 0.415. The molecule has 2 aromatic carbocycles. The Morgan fingerprint density at radius 2 is 1.95 bits per heavy atom. The van der Waals surface area contributed by atoms with Gasteiger partial charge in [-0.25, -0.2) is 4.98 Å². The Labute approximate surface area is 119 Å². The standard InChI is InChI=1S/C14H9Cl2NO2/c1-18-9-3-5-13-12(7-9)17-14(19-13)10-4-2-8(15)6-11(10)16/h2-7H,1H3. The zero-order valence-corrected chi connectivity index (χ0v) is 11.5. The lowest BCUT2D eigenvalue weighted by Gasteiger charge is -1.98. The van der Waals surface area contributed by atoms with E-state index in [2.05, 4.69) is 4.98 Å². The van der Waals surface area contributed by atoms with E-state index >= 15 is 0 Å². The van der Waals surface area contributed by atoms with Crippen LogP contribution in [0.15, 0.2) is 40.8 Å². The highest BCUT2D eigenvalue weighted by Gasteiger charge is 2.12. The molecule has 0 aliphatic carbocycles. The maximum Gasteiger partial charge on any atom is 0.228 e. The number of aromatic nitrogens is 1. The zero-order chi connectivity index (χ0) is 13.4. The highest BCUT2D eigenvalue weighted by Crippen LogP contribution is 2.32. The number of rotatable bonds is 2. The third-order valence-electron chi connectivity index (χ3n) is 2.76. The second-order valence-corrected chi connectivity index (χ2v) is 4.82. The first-order valence-corrected chi connectivity index (χ1v) is 6.33. The van der Waals surface area contributed by atoms with Crippen molar-refractivity contribution in [1.82, 2.24) is 4.98 Å². The van der Waals surface area contributed by atoms with Gasteiger partial charge in [0.25, 0.3) is 0 Å². The Morgan fingerprint density at radius 3 is 2.68 bits per heavy atom. The van der Waals surface area contributed by atoms with Crippen LogP contribution in [-0.2, 0) is 0 Å². The molecule has 0 aliphatic heterocycles. The number of fused-ring (bicyclic) bond motifs is 1. The molecule has 3 aromatic rings. The summed E-state index contributed by atoms with van der Waals surface area (Å²) in [6.07, 6.45) is 0. The summed E-state index contributed by atoms with van der Waals surface area (Å²) < 4.78 is 10.8. The van der Waals surface area contributed by atoms with E-state index < -0.39 is 0 Å². The molecule has 0 spiro atoms. The van der Waals surface area contributed by atoms with Crippen LogP contribution in [0.4, 0.5) is 0 Å². The molecule has 96 valence electrons. The molecule has 0 bridgehead atoms. The number of hydrogen-bond donors (Lipinski definition) is 0. The van der Waals surface area contributed by atoms with Crippen LogP contribution in [0.2, 0.25) is 10.0 Å². The Morgan fingerprint density at radius 1 is 1.11 bits per heavy atom. The van der Waals surface area contributed by atoms with Gasteiger partial charge in [0.05, 0.1) is 17.7 Å². The summed E-state index contributed by atoms with van der Waals surface area (Å²) in [5, 5.41) is 1.08. The van der Waals surface area contributed by atoms with Crippen molar-refractivity contribution in [2.75, 3.05) is 7.11 Å². The molecule has 0 radical (unpaired) electrons. The van der Waals surface area contributed by atoms with Gasteiger partial charge in [-0.15, -0.1) is 0 Å². The predicted octanol–water partition coefficient (Wildman–Crippen LogP) is 4.81. The van der Waals surface area contributed by atoms with Crippen molar-refractivity contribution in [3.8, 4) is 17.2 Å². The number of benzene rings is 2. The van der Waals surface area contributed by atoms with E-state index in [0.717, 1.165) is 11.3 Å². The van der Waals surface area contributed by atoms with Crippen LogP contribution in [-0.4, -0.2) is 12.1 Å². The van der Waals surface area contributed by atoms with Crippen LogP contribution in [0, 0.1) is 0 Å². The van der Waals surface area contributed by atoms with Gasteiger partial charge in [0.15, 0.2) is 5.58 Å². The molecule has 1 aromatic heterocycles. The molecule has 19 heavy (non-hydrogen) atoms. The van der Waals surface area contributed by atoms with E-state index in [4.69, 9.17) is 32.4 Å². The first-order valence-electron chi connectivity index (χ1n) is 5.57. The monoisotopic (exact) mass is 293 g/mol. The number of halogens is 2. The van der Waals surface area contributed by atoms with Gasteiger partial charge < -0.3 is 9.15 Å². The summed E-state index contributed by atoms with van der Waals surface area (Å²) >= 11 is 12.0. The van der Waals surface area contributed by atoms with Crippen LogP contribution < -0.4 is 4.74 Å². The smallest absolute Gasteiger partial charge is 0.228 e. The summed E-state index contributed by atoms with van der Waals surface area (Å²) in [5.41, 5.74) is 2.11. The molecule has 0 N–H and O–H groups in total. The Balaban J connectivity index is 2.14. The first-order chi connectivity index (χ1) is 9.17. The normalized spacial score (nSPS) is 10.9. The Kier molecular flexibility index (Phi) is 3.09. The van der Waals surface area contributed by atoms with Crippen molar-refractivity contribution < 1.29 is 9.15 Å². The van der Waals surface area contributed by atoms with Crippen molar-refractivity contribution in [3.63, 3.8) is 0 Å². The Hall–Kier alpha value is -1.71. The summed E-state index contributed by atoms with van der Waals surface area (Å²) in [6.45, 7) is 0. The molecule has 0 saturated carbocycles. The molecule has 0 fully saturated rings. The van der Waals surface area contributed by atoms with Gasteiger partial charge in [-0.05, 0) is 30.3 Å². The lowest BCUT2D eigenvalue weighted by atomic mass is 10.2. The van der Waals surface area contributed by atoms with Gasteiger partial charge in [0.2, 0.25) is 5.89 Å². The molecule has 0 atom stereocenters. The zero-order valence-electron chi connectivity index (χ0n) is 9.98. The molecule has 0 unspecified atom stereocenters. The lowest BCUT2D eigenvalue weighted by Crippen LogP contribution is -1.81. The highest BCUT2D eigenvalue weighted by atomic mass is 35.5. The second-order valence-electron chi connectivity index (χ2n) is 3.98. The summed E-state index contributed by atoms with van der Waals surface area (Å²) in [6, 6.07) is 10.6. The van der Waals surface area contributed by atoms with E-state index in [-0.39, 0.29) is 0 Å². The number of nitrogens with zero attached hydrogens (tertiary/aromatic N) is 1. The highest BCUT2D eigenvalue weighted by molar-refractivity contribution is 6.36. The average Bonchev–Trinajstić information content (AvgIpc) is 2.80. The second kappa shape index (κ2) is 4.76. The first kappa shape index (κ1) is 12.3. The minimum Gasteiger partial charge on any atom is -0.497 e. The van der Waals surface area contributed by atoms with Gasteiger partial charge in [-0.3, -0.25) is 0 Å². The minimum atomic E-state index is 0.463. The molecule has 0 aliphatic rings. The van der Waals surface area contributed by atoms with Crippen LogP contribution in [0.25, 0.3) is 22.6 Å². The third kappa shape index (κ3) is 2.27. The van der Waals surface area contributed by atoms with Gasteiger partial charge in [0, 0.05) is 11.1 Å². The topological polar surface area (TPSA) is 35.3 Å². The summed E-state index contributed by atoms with van der Waals surface area (Å²) in [4.78, 5) is 4.41. The fraction of sp³-hybridized carbons (Fsp3) is 0.0714. The molecule has 5 heteroatoms. The van der Waals surface area contributed by atoms with Crippen molar-refractivity contribution >= 4 is 34.3 Å². The summed E-state index contributed by atoms with van der Waals surface area (Å²) in [7, 11) is 1.61. The van der Waals surface area contributed by atoms with E-state index in [1.807, 2.05) is 18.2 Å². The van der Waals surface area contributed by atoms with E-state index in [0.29, 0.717) is 27.1 Å². The molecule has 3 rings (SSSR count). The van der Waals surface area contributed by atoms with E-state index in [1.54, 1.807) is 25.3 Å². The number of ether oxygens (including phenoxy) is 1. The van der Waals surface area contributed by atoms with Crippen molar-refractivity contribution in [2.24, 2.45) is 0 Å². The number of methoxy groups -OCH3 is 1. The predicted molar refractivity (Wildman–Crippen MR) is 76.0 cm³/mol. The minimum absolute atomic E-state index is 0.463. The summed E-state index contributed by atoms with van der Waals surface area (Å²) in [5.74, 6) is 1.19. The quantitative estimate of drug-likeness (QED) is 0.680. The van der Waals surface area contributed by atoms with Crippen molar-refractivity contribution in [2.45, 2.75) is 0 Å². The van der Waals surface area contributed by atoms with Crippen LogP contribution >= 0.6 is 23.2 Å². The number of hydrogen-bond acceptors (Lipinski definition) is 3. The third-order valence-corrected chi connectivity index (χ3v) is 3.30. The largest absolute Gasteiger partial charge is 0.497 e. The fourth-order valence-electron chi connectivity index (χ4n) is 1.81. The SMILES string of the molecule is COc1ccc2oc(-c3ccc(Cl)cc3Cl)nc2c1. The van der Waals surface area contributed by atoms with Crippen molar-refractivity contribution in [3.05, 3.63) is 46.4 Å². The van der Waals surface area contributed by atoms with E-state index in [9.17, 15) is 0 Å². The van der Waals surface area contributed by atoms with Crippen LogP contribution in [0.1, 0.15) is 0 Å². The molecule has 0 amide bonds. The maximum absolute atomic E-state index is 6.14. The molecular weight excluding hydrogens is 285 g/mol. The maximum atomic E-state index is 6.14. The van der Waals surface area contributed by atoms with E-state index in [1.165, 1.54) is 0 Å². The van der Waals surface area contributed by atoms with Gasteiger partial charge in [-0.2, -0.15) is 0 Å². The van der Waals surface area contributed by atoms with Crippen molar-refractivity contribution in [1.29, 1.82) is 0 Å². The average molecular weight is 294 g/mol. The molecular formula is C14H9Cl2NO2.